The number of ketones is 2. The molecule has 0 aromatic heterocycles. The van der Waals surface area contributed by atoms with E-state index in [1.54, 1.807) is 24.3 Å². The molecule has 0 spiro atoms. The molecule has 1 aliphatic rings. The first kappa shape index (κ1) is 11.5. The van der Waals surface area contributed by atoms with Gasteiger partial charge in [-0.1, -0.05) is 23.2 Å². The molecule has 0 bridgehead atoms. The predicted octanol–water partition coefficient (Wildman–Crippen LogP) is 3.77. The van der Waals surface area contributed by atoms with Gasteiger partial charge < -0.3 is 0 Å². The van der Waals surface area contributed by atoms with Gasteiger partial charge in [0.1, 0.15) is 0 Å². The normalized spacial score (nSPS) is 13.2. The van der Waals surface area contributed by atoms with E-state index in [-0.39, 0.29) is 11.6 Å². The molecule has 0 fully saturated rings. The first-order valence-corrected chi connectivity index (χ1v) is 6.02. The SMILES string of the molecule is O=C1c2ccc(Cl)cc2C(=O)c2ccc(Cl)cc21. The molecule has 18 heavy (non-hydrogen) atoms. The summed E-state index contributed by atoms with van der Waals surface area (Å²) in [5.74, 6) is -0.391. The van der Waals surface area contributed by atoms with Gasteiger partial charge in [0.25, 0.3) is 0 Å². The minimum Gasteiger partial charge on any atom is -0.289 e. The highest BCUT2D eigenvalue weighted by atomic mass is 35.5. The lowest BCUT2D eigenvalue weighted by Crippen LogP contribution is -2.20. The van der Waals surface area contributed by atoms with Crippen LogP contribution in [0.25, 0.3) is 0 Å². The van der Waals surface area contributed by atoms with Gasteiger partial charge in [0.05, 0.1) is 0 Å². The van der Waals surface area contributed by atoms with Crippen molar-refractivity contribution in [3.05, 3.63) is 68.7 Å². The Balaban J connectivity index is 2.31. The highest BCUT2D eigenvalue weighted by Crippen LogP contribution is 2.30. The molecule has 0 saturated heterocycles. The van der Waals surface area contributed by atoms with Crippen molar-refractivity contribution < 1.29 is 9.59 Å². The molecule has 0 atom stereocenters. The van der Waals surface area contributed by atoms with E-state index in [1.807, 2.05) is 0 Å². The fraction of sp³-hybridized carbons (Fsp3) is 0. The molecule has 4 heteroatoms. The van der Waals surface area contributed by atoms with Crippen molar-refractivity contribution in [2.24, 2.45) is 0 Å². The van der Waals surface area contributed by atoms with Crippen LogP contribution in [0.3, 0.4) is 0 Å². The molecule has 88 valence electrons. The average molecular weight is 277 g/mol. The molecule has 2 nitrogen and oxygen atoms in total. The zero-order valence-electron chi connectivity index (χ0n) is 9.04. The molecule has 0 heterocycles. The van der Waals surface area contributed by atoms with E-state index in [0.717, 1.165) is 0 Å². The Kier molecular flexibility index (Phi) is 2.51. The van der Waals surface area contributed by atoms with Gasteiger partial charge in [-0.15, -0.1) is 0 Å². The van der Waals surface area contributed by atoms with Crippen molar-refractivity contribution in [3.8, 4) is 0 Å². The van der Waals surface area contributed by atoms with Crippen LogP contribution in [0.1, 0.15) is 31.8 Å². The van der Waals surface area contributed by atoms with Gasteiger partial charge in [-0.05, 0) is 36.4 Å². The van der Waals surface area contributed by atoms with Gasteiger partial charge in [0.2, 0.25) is 0 Å². The second-order valence-corrected chi connectivity index (χ2v) is 4.91. The number of fused-ring (bicyclic) bond motifs is 2. The maximum absolute atomic E-state index is 12.3. The molecule has 0 amide bonds. The zero-order valence-corrected chi connectivity index (χ0v) is 10.5. The molecular formula is C14H6Cl2O2. The first-order valence-electron chi connectivity index (χ1n) is 5.26. The van der Waals surface area contributed by atoms with Crippen molar-refractivity contribution in [2.75, 3.05) is 0 Å². The lowest BCUT2D eigenvalue weighted by atomic mass is 9.84. The number of benzene rings is 2. The van der Waals surface area contributed by atoms with Crippen molar-refractivity contribution in [3.63, 3.8) is 0 Å². The van der Waals surface area contributed by atoms with Crippen molar-refractivity contribution in [2.45, 2.75) is 0 Å². The van der Waals surface area contributed by atoms with E-state index in [1.165, 1.54) is 12.1 Å². The fourth-order valence-electron chi connectivity index (χ4n) is 2.09. The summed E-state index contributed by atoms with van der Waals surface area (Å²) in [6, 6.07) is 9.38. The van der Waals surface area contributed by atoms with Gasteiger partial charge in [0, 0.05) is 32.3 Å². The molecule has 0 N–H and O–H groups in total. The Morgan fingerprint density at radius 1 is 0.611 bits per heavy atom. The molecule has 1 aliphatic carbocycles. The number of halogens is 2. The van der Waals surface area contributed by atoms with Gasteiger partial charge in [-0.2, -0.15) is 0 Å². The minimum absolute atomic E-state index is 0.196. The lowest BCUT2D eigenvalue weighted by Gasteiger charge is -2.17. The molecule has 0 radical (unpaired) electrons. The van der Waals surface area contributed by atoms with Gasteiger partial charge in [0.15, 0.2) is 11.6 Å². The number of carbonyl (C=O) groups is 2. The maximum atomic E-state index is 12.3. The number of rotatable bonds is 0. The maximum Gasteiger partial charge on any atom is 0.194 e. The predicted molar refractivity (Wildman–Crippen MR) is 69.8 cm³/mol. The summed E-state index contributed by atoms with van der Waals surface area (Å²) >= 11 is 11.7. The topological polar surface area (TPSA) is 34.1 Å². The van der Waals surface area contributed by atoms with Gasteiger partial charge in [-0.25, -0.2) is 0 Å². The smallest absolute Gasteiger partial charge is 0.194 e. The van der Waals surface area contributed by atoms with Crippen LogP contribution >= 0.6 is 23.2 Å². The number of hydrogen-bond acceptors (Lipinski definition) is 2. The molecule has 3 rings (SSSR count). The largest absolute Gasteiger partial charge is 0.289 e. The average Bonchev–Trinajstić information content (AvgIpc) is 2.36. The second kappa shape index (κ2) is 3.94. The zero-order chi connectivity index (χ0) is 12.9. The highest BCUT2D eigenvalue weighted by molar-refractivity contribution is 6.35. The van der Waals surface area contributed by atoms with E-state index in [2.05, 4.69) is 0 Å². The van der Waals surface area contributed by atoms with E-state index < -0.39 is 0 Å². The Morgan fingerprint density at radius 2 is 1.00 bits per heavy atom. The van der Waals surface area contributed by atoms with Crippen LogP contribution in [0, 0.1) is 0 Å². The van der Waals surface area contributed by atoms with Crippen molar-refractivity contribution >= 4 is 34.8 Å². The Labute approximate surface area is 113 Å². The van der Waals surface area contributed by atoms with Crippen LogP contribution < -0.4 is 0 Å². The fourth-order valence-corrected chi connectivity index (χ4v) is 2.44. The van der Waals surface area contributed by atoms with E-state index in [0.29, 0.717) is 32.3 Å². The Hall–Kier alpha value is -1.64. The van der Waals surface area contributed by atoms with Crippen molar-refractivity contribution in [1.82, 2.24) is 0 Å². The summed E-state index contributed by atoms with van der Waals surface area (Å²) in [6.07, 6.45) is 0. The van der Waals surface area contributed by atoms with Gasteiger partial charge >= 0.3 is 0 Å². The number of carbonyl (C=O) groups excluding carboxylic acids is 2. The van der Waals surface area contributed by atoms with Crippen LogP contribution in [0.2, 0.25) is 10.0 Å². The summed E-state index contributed by atoms with van der Waals surface area (Å²) in [4.78, 5) is 24.5. The molecule has 2 aromatic carbocycles. The molecule has 0 aliphatic heterocycles. The third kappa shape index (κ3) is 1.57. The Bertz CT molecular complexity index is 643. The quantitative estimate of drug-likeness (QED) is 0.626. The summed E-state index contributed by atoms with van der Waals surface area (Å²) in [6.45, 7) is 0. The van der Waals surface area contributed by atoms with Crippen LogP contribution in [0.15, 0.2) is 36.4 Å². The van der Waals surface area contributed by atoms with E-state index >= 15 is 0 Å². The van der Waals surface area contributed by atoms with Gasteiger partial charge in [-0.3, -0.25) is 9.59 Å². The van der Waals surface area contributed by atoms with Crippen LogP contribution in [0.4, 0.5) is 0 Å². The second-order valence-electron chi connectivity index (χ2n) is 4.04. The molecule has 2 aromatic rings. The van der Waals surface area contributed by atoms with Crippen LogP contribution in [0.5, 0.6) is 0 Å². The molecule has 0 saturated carbocycles. The Morgan fingerprint density at radius 3 is 1.39 bits per heavy atom. The monoisotopic (exact) mass is 276 g/mol. The van der Waals surface area contributed by atoms with Crippen LogP contribution in [-0.2, 0) is 0 Å². The summed E-state index contributed by atoms with van der Waals surface area (Å²) in [5.41, 5.74) is 1.45. The summed E-state index contributed by atoms with van der Waals surface area (Å²) in [5, 5.41) is 0.875. The summed E-state index contributed by atoms with van der Waals surface area (Å²) in [7, 11) is 0. The standard InChI is InChI=1S/C14H6Cl2O2/c15-7-1-3-9-11(5-7)14(18)10-4-2-8(16)6-12(10)13(9)17/h1-6H. The molecule has 0 unspecified atom stereocenters. The minimum atomic E-state index is -0.196. The lowest BCUT2D eigenvalue weighted by molar-refractivity contribution is 0.0979. The number of hydrogen-bond donors (Lipinski definition) is 0. The van der Waals surface area contributed by atoms with E-state index in [4.69, 9.17) is 23.2 Å². The van der Waals surface area contributed by atoms with E-state index in [9.17, 15) is 9.59 Å². The van der Waals surface area contributed by atoms with Crippen LogP contribution in [-0.4, -0.2) is 11.6 Å². The third-order valence-electron chi connectivity index (χ3n) is 2.94. The highest BCUT2D eigenvalue weighted by Gasteiger charge is 2.29. The summed E-state index contributed by atoms with van der Waals surface area (Å²) < 4.78 is 0. The van der Waals surface area contributed by atoms with Crippen molar-refractivity contribution in [1.29, 1.82) is 0 Å². The third-order valence-corrected chi connectivity index (χ3v) is 3.41. The molecular weight excluding hydrogens is 271 g/mol. The first-order chi connectivity index (χ1) is 8.58.